The number of carbonyl (C=O) groups is 2. The topological polar surface area (TPSA) is 111 Å². The van der Waals surface area contributed by atoms with E-state index in [-0.39, 0.29) is 35.6 Å². The first-order valence-electron chi connectivity index (χ1n) is 11.2. The average Bonchev–Trinajstić information content (AvgIpc) is 3.44. The van der Waals surface area contributed by atoms with E-state index in [1.165, 1.54) is 18.3 Å². The summed E-state index contributed by atoms with van der Waals surface area (Å²) >= 11 is 0. The molecule has 1 saturated heterocycles. The van der Waals surface area contributed by atoms with E-state index in [1.54, 1.807) is 0 Å². The number of rotatable bonds is 3. The number of imide groups is 1. The molecule has 3 aliphatic carbocycles. The van der Waals surface area contributed by atoms with Gasteiger partial charge in [-0.15, -0.1) is 0 Å². The first-order chi connectivity index (χ1) is 17.0. The lowest BCUT2D eigenvalue weighted by molar-refractivity contribution is -0.385. The minimum atomic E-state index is -0.568. The second-order valence-corrected chi connectivity index (χ2v) is 9.02. The lowest BCUT2D eigenvalue weighted by atomic mass is 9.55. The van der Waals surface area contributed by atoms with Gasteiger partial charge in [-0.05, 0) is 28.3 Å². The zero-order chi connectivity index (χ0) is 23.8. The summed E-state index contributed by atoms with van der Waals surface area (Å²) in [7, 11) is 0. The number of fused-ring (bicyclic) bond motifs is 1. The highest BCUT2D eigenvalue weighted by Gasteiger charge is 2.61. The predicted octanol–water partition coefficient (Wildman–Crippen LogP) is 3.55. The molecule has 0 aromatic heterocycles. The molecule has 0 saturated carbocycles. The Morgan fingerprint density at radius 1 is 0.857 bits per heavy atom. The number of hydrogen-bond donors (Lipinski definition) is 0. The van der Waals surface area contributed by atoms with Crippen molar-refractivity contribution in [2.24, 2.45) is 16.9 Å². The van der Waals surface area contributed by atoms with Gasteiger partial charge in [0.25, 0.3) is 17.5 Å². The first-order valence-corrected chi connectivity index (χ1v) is 11.2. The molecular formula is C26H17N3O6. The van der Waals surface area contributed by atoms with Gasteiger partial charge in [-0.1, -0.05) is 48.5 Å². The molecule has 2 aliphatic heterocycles. The van der Waals surface area contributed by atoms with E-state index in [4.69, 9.17) is 9.47 Å². The highest BCUT2D eigenvalue weighted by atomic mass is 16.7. The Kier molecular flexibility index (Phi) is 3.97. The molecule has 9 heteroatoms. The molecule has 2 amide bonds. The highest BCUT2D eigenvalue weighted by molar-refractivity contribution is 6.08. The SMILES string of the molecule is O=C1[C@@H]2C3c4ccccc4C(c4ccccc43)[C@H]2C(=O)N1/N=C\c1cc2c(cc1[N+](=O)[O-])OCO2. The van der Waals surface area contributed by atoms with Crippen LogP contribution in [0, 0.1) is 22.0 Å². The van der Waals surface area contributed by atoms with E-state index >= 15 is 0 Å². The number of benzene rings is 3. The Morgan fingerprint density at radius 2 is 1.34 bits per heavy atom. The second-order valence-electron chi connectivity index (χ2n) is 9.02. The van der Waals surface area contributed by atoms with Gasteiger partial charge >= 0.3 is 0 Å². The third-order valence-electron chi connectivity index (χ3n) is 7.46. The summed E-state index contributed by atoms with van der Waals surface area (Å²) in [5, 5.41) is 16.7. The molecular weight excluding hydrogens is 450 g/mol. The molecule has 172 valence electrons. The summed E-state index contributed by atoms with van der Waals surface area (Å²) in [5.41, 5.74) is 4.12. The Labute approximate surface area is 198 Å². The summed E-state index contributed by atoms with van der Waals surface area (Å²) < 4.78 is 10.5. The summed E-state index contributed by atoms with van der Waals surface area (Å²) in [6.45, 7) is -0.0383. The standard InChI is InChI=1S/C26H17N3O6/c30-25-23-21-14-5-1-2-6-15(14)22(17-8-4-3-7-16(17)21)24(23)26(31)28(25)27-11-13-9-19-20(35-12-34-19)10-18(13)29(32)33/h1-11,21-24H,12H2/b27-11-/t21?,22?,23-,24-/m1/s1. The monoisotopic (exact) mass is 467 g/mol. The van der Waals surface area contributed by atoms with Crippen LogP contribution in [0.4, 0.5) is 5.69 Å². The van der Waals surface area contributed by atoms with Gasteiger partial charge in [0.15, 0.2) is 11.5 Å². The van der Waals surface area contributed by atoms with Crippen LogP contribution in [-0.4, -0.2) is 34.8 Å². The van der Waals surface area contributed by atoms with Crippen LogP contribution >= 0.6 is 0 Å². The largest absolute Gasteiger partial charge is 0.454 e. The van der Waals surface area contributed by atoms with E-state index in [2.05, 4.69) is 5.10 Å². The quantitative estimate of drug-likeness (QED) is 0.252. The number of hydrazone groups is 1. The van der Waals surface area contributed by atoms with Crippen molar-refractivity contribution in [3.63, 3.8) is 0 Å². The van der Waals surface area contributed by atoms with E-state index in [0.29, 0.717) is 5.75 Å². The number of nitro benzene ring substituents is 1. The molecule has 5 aliphatic rings. The third-order valence-corrected chi connectivity index (χ3v) is 7.46. The minimum Gasteiger partial charge on any atom is -0.454 e. The summed E-state index contributed by atoms with van der Waals surface area (Å²) in [6.07, 6.45) is 1.18. The van der Waals surface area contributed by atoms with Gasteiger partial charge in [0.05, 0.1) is 34.6 Å². The Balaban J connectivity index is 1.31. The first kappa shape index (κ1) is 19.9. The van der Waals surface area contributed by atoms with Gasteiger partial charge in [-0.3, -0.25) is 19.7 Å². The summed E-state index contributed by atoms with van der Waals surface area (Å²) in [4.78, 5) is 38.2. The molecule has 35 heavy (non-hydrogen) atoms. The van der Waals surface area contributed by atoms with Crippen molar-refractivity contribution in [2.45, 2.75) is 11.8 Å². The number of carbonyl (C=O) groups excluding carboxylic acids is 2. The maximum Gasteiger partial charge on any atom is 0.282 e. The Morgan fingerprint density at radius 3 is 1.83 bits per heavy atom. The van der Waals surface area contributed by atoms with Gasteiger partial charge in [-0.2, -0.15) is 10.1 Å². The van der Waals surface area contributed by atoms with Gasteiger partial charge in [0, 0.05) is 11.8 Å². The molecule has 0 N–H and O–H groups in total. The maximum absolute atomic E-state index is 13.6. The number of nitrogens with zero attached hydrogens (tertiary/aromatic N) is 3. The van der Waals surface area contributed by atoms with Crippen molar-refractivity contribution in [1.82, 2.24) is 5.01 Å². The van der Waals surface area contributed by atoms with Crippen molar-refractivity contribution >= 4 is 23.7 Å². The zero-order valence-corrected chi connectivity index (χ0v) is 18.2. The van der Waals surface area contributed by atoms with Crippen LogP contribution in [0.1, 0.15) is 39.7 Å². The summed E-state index contributed by atoms with van der Waals surface area (Å²) in [5.74, 6) is -1.79. The molecule has 0 spiro atoms. The van der Waals surface area contributed by atoms with Crippen LogP contribution < -0.4 is 9.47 Å². The van der Waals surface area contributed by atoms with Crippen LogP contribution in [0.15, 0.2) is 65.8 Å². The minimum absolute atomic E-state index is 0.0383. The van der Waals surface area contributed by atoms with Crippen LogP contribution in [-0.2, 0) is 9.59 Å². The fraction of sp³-hybridized carbons (Fsp3) is 0.192. The number of hydrogen-bond acceptors (Lipinski definition) is 7. The van der Waals surface area contributed by atoms with Crippen LogP contribution in [0.25, 0.3) is 0 Å². The number of amides is 2. The van der Waals surface area contributed by atoms with E-state index in [1.807, 2.05) is 48.5 Å². The average molecular weight is 467 g/mol. The number of nitro groups is 1. The molecule has 0 radical (unpaired) electrons. The Hall–Kier alpha value is -4.53. The highest BCUT2D eigenvalue weighted by Crippen LogP contribution is 2.61. The molecule has 2 bridgehead atoms. The molecule has 3 aromatic carbocycles. The van der Waals surface area contributed by atoms with Crippen LogP contribution in [0.2, 0.25) is 0 Å². The molecule has 9 nitrogen and oxygen atoms in total. The van der Waals surface area contributed by atoms with Crippen molar-refractivity contribution in [3.05, 3.63) is 98.6 Å². The van der Waals surface area contributed by atoms with Gasteiger partial charge in [-0.25, -0.2) is 0 Å². The normalized spacial score (nSPS) is 25.1. The molecule has 2 atom stereocenters. The van der Waals surface area contributed by atoms with Crippen LogP contribution in [0.3, 0.4) is 0 Å². The molecule has 1 fully saturated rings. The molecule has 8 rings (SSSR count). The van der Waals surface area contributed by atoms with Gasteiger partial charge in [0.1, 0.15) is 0 Å². The van der Waals surface area contributed by atoms with Gasteiger partial charge < -0.3 is 9.47 Å². The van der Waals surface area contributed by atoms with Crippen LogP contribution in [0.5, 0.6) is 11.5 Å². The predicted molar refractivity (Wildman–Crippen MR) is 122 cm³/mol. The molecule has 3 aromatic rings. The Bertz CT molecular complexity index is 1380. The van der Waals surface area contributed by atoms with Crippen molar-refractivity contribution in [3.8, 4) is 11.5 Å². The van der Waals surface area contributed by atoms with Crippen molar-refractivity contribution in [2.75, 3.05) is 6.79 Å². The molecule has 0 unspecified atom stereocenters. The second kappa shape index (κ2) is 6.99. The fourth-order valence-electron chi connectivity index (χ4n) is 6.10. The zero-order valence-electron chi connectivity index (χ0n) is 18.2. The lowest BCUT2D eigenvalue weighted by Gasteiger charge is -2.45. The van der Waals surface area contributed by atoms with Crippen molar-refractivity contribution < 1.29 is 24.0 Å². The van der Waals surface area contributed by atoms with E-state index < -0.39 is 28.6 Å². The third kappa shape index (κ3) is 2.60. The number of ether oxygens (including phenoxy) is 2. The smallest absolute Gasteiger partial charge is 0.282 e. The lowest BCUT2D eigenvalue weighted by Crippen LogP contribution is -2.41. The maximum atomic E-state index is 13.6. The van der Waals surface area contributed by atoms with E-state index in [9.17, 15) is 19.7 Å². The van der Waals surface area contributed by atoms with Gasteiger partial charge in [0.2, 0.25) is 6.79 Å². The van der Waals surface area contributed by atoms with Crippen molar-refractivity contribution in [1.29, 1.82) is 0 Å². The molecule has 2 heterocycles. The fourth-order valence-corrected chi connectivity index (χ4v) is 6.10. The summed E-state index contributed by atoms with van der Waals surface area (Å²) in [6, 6.07) is 18.6. The van der Waals surface area contributed by atoms with E-state index in [0.717, 1.165) is 27.3 Å².